The third kappa shape index (κ3) is 6.78. The summed E-state index contributed by atoms with van der Waals surface area (Å²) in [6.45, 7) is 1.39. The van der Waals surface area contributed by atoms with Crippen LogP contribution in [-0.2, 0) is 22.6 Å². The van der Waals surface area contributed by atoms with Crippen molar-refractivity contribution >= 4 is 17.5 Å². The van der Waals surface area contributed by atoms with Crippen LogP contribution in [0.2, 0.25) is 0 Å². The number of aromatic nitrogens is 2. The lowest BCUT2D eigenvalue weighted by molar-refractivity contribution is -0.133. The van der Waals surface area contributed by atoms with Crippen LogP contribution in [0.1, 0.15) is 24.8 Å². The van der Waals surface area contributed by atoms with Gasteiger partial charge in [0.05, 0.1) is 26.1 Å². The van der Waals surface area contributed by atoms with Crippen LogP contribution in [0.25, 0.3) is 0 Å². The van der Waals surface area contributed by atoms with Crippen LogP contribution in [0.4, 0.5) is 5.69 Å². The molecule has 0 radical (unpaired) electrons. The number of carbonyl (C=O) groups is 2. The molecule has 0 aliphatic carbocycles. The lowest BCUT2D eigenvalue weighted by atomic mass is 10.1. The average molecular weight is 493 g/mol. The molecule has 2 amide bonds. The van der Waals surface area contributed by atoms with Crippen LogP contribution in [-0.4, -0.2) is 59.9 Å². The predicted octanol–water partition coefficient (Wildman–Crippen LogP) is 3.54. The highest BCUT2D eigenvalue weighted by atomic mass is 16.5. The summed E-state index contributed by atoms with van der Waals surface area (Å²) in [6.07, 6.45) is 5.74. The van der Waals surface area contributed by atoms with Crippen LogP contribution in [0.15, 0.2) is 60.9 Å². The number of hydrogen-bond donors (Lipinski definition) is 1. The number of aryl methyl sites for hydroxylation is 1. The zero-order valence-electron chi connectivity index (χ0n) is 20.7. The maximum atomic E-state index is 12.8. The second-order valence-electron chi connectivity index (χ2n) is 8.66. The fourth-order valence-corrected chi connectivity index (χ4v) is 4.20. The molecule has 0 saturated carbocycles. The summed E-state index contributed by atoms with van der Waals surface area (Å²) in [6, 6.07) is 15.2. The molecule has 4 rings (SSSR count). The lowest BCUT2D eigenvalue weighted by Gasteiger charge is -2.32. The number of ether oxygens (including phenoxy) is 3. The molecule has 36 heavy (non-hydrogen) atoms. The van der Waals surface area contributed by atoms with Crippen molar-refractivity contribution in [1.82, 2.24) is 14.7 Å². The van der Waals surface area contributed by atoms with E-state index in [0.29, 0.717) is 31.6 Å². The Morgan fingerprint density at radius 3 is 2.44 bits per heavy atom. The number of likely N-dealkylation sites (tertiary alicyclic amines) is 1. The van der Waals surface area contributed by atoms with Crippen molar-refractivity contribution in [3.05, 3.63) is 66.5 Å². The number of piperidine rings is 1. The molecule has 190 valence electrons. The summed E-state index contributed by atoms with van der Waals surface area (Å²) in [7, 11) is 3.25. The third-order valence-corrected chi connectivity index (χ3v) is 6.19. The first kappa shape index (κ1) is 25.1. The van der Waals surface area contributed by atoms with E-state index in [-0.39, 0.29) is 24.5 Å². The van der Waals surface area contributed by atoms with Crippen molar-refractivity contribution in [3.8, 4) is 17.2 Å². The Morgan fingerprint density at radius 2 is 1.72 bits per heavy atom. The summed E-state index contributed by atoms with van der Waals surface area (Å²) >= 11 is 0. The van der Waals surface area contributed by atoms with E-state index in [9.17, 15) is 9.59 Å². The van der Waals surface area contributed by atoms with Gasteiger partial charge >= 0.3 is 0 Å². The number of benzene rings is 2. The SMILES string of the molecule is COc1ccc(OC2CCN(C(=O)Cn3cc(NC(=O)CCc4ccccc4OC)cn3)CC2)cc1. The van der Waals surface area contributed by atoms with E-state index in [2.05, 4.69) is 10.4 Å². The molecule has 1 aromatic heterocycles. The zero-order chi connectivity index (χ0) is 25.3. The van der Waals surface area contributed by atoms with Crippen molar-refractivity contribution in [2.24, 2.45) is 0 Å². The Bertz CT molecular complexity index is 1150. The van der Waals surface area contributed by atoms with Crippen molar-refractivity contribution in [1.29, 1.82) is 0 Å². The van der Waals surface area contributed by atoms with Gasteiger partial charge in [0.15, 0.2) is 0 Å². The van der Waals surface area contributed by atoms with Crippen LogP contribution in [0.5, 0.6) is 17.2 Å². The normalized spacial score (nSPS) is 13.8. The van der Waals surface area contributed by atoms with Gasteiger partial charge in [0.25, 0.3) is 0 Å². The van der Waals surface area contributed by atoms with Crippen LogP contribution >= 0.6 is 0 Å². The molecule has 1 saturated heterocycles. The highest BCUT2D eigenvalue weighted by molar-refractivity contribution is 5.90. The minimum Gasteiger partial charge on any atom is -0.497 e. The van der Waals surface area contributed by atoms with E-state index in [0.717, 1.165) is 35.7 Å². The highest BCUT2D eigenvalue weighted by Crippen LogP contribution is 2.22. The number of nitrogens with zero attached hydrogens (tertiary/aromatic N) is 3. The van der Waals surface area contributed by atoms with E-state index < -0.39 is 0 Å². The Hall–Kier alpha value is -4.01. The van der Waals surface area contributed by atoms with Gasteiger partial charge in [0, 0.05) is 38.5 Å². The molecule has 2 aromatic carbocycles. The topological polar surface area (TPSA) is 94.9 Å². The lowest BCUT2D eigenvalue weighted by Crippen LogP contribution is -2.43. The van der Waals surface area contributed by atoms with Gasteiger partial charge in [-0.05, 0) is 42.3 Å². The molecular weight excluding hydrogens is 460 g/mol. The van der Waals surface area contributed by atoms with Crippen molar-refractivity contribution in [2.45, 2.75) is 38.3 Å². The molecule has 9 heteroatoms. The Balaban J connectivity index is 1.19. The molecule has 1 aliphatic rings. The number of para-hydroxylation sites is 1. The molecule has 0 spiro atoms. The number of rotatable bonds is 10. The van der Waals surface area contributed by atoms with E-state index in [1.54, 1.807) is 31.3 Å². The summed E-state index contributed by atoms with van der Waals surface area (Å²) in [5.74, 6) is 2.24. The molecule has 1 fully saturated rings. The number of methoxy groups -OCH3 is 2. The Labute approximate surface area is 210 Å². The molecular formula is C27H32N4O5. The van der Waals surface area contributed by atoms with Gasteiger partial charge in [-0.15, -0.1) is 0 Å². The number of hydrogen-bond acceptors (Lipinski definition) is 6. The van der Waals surface area contributed by atoms with Crippen molar-refractivity contribution < 1.29 is 23.8 Å². The predicted molar refractivity (Wildman–Crippen MR) is 135 cm³/mol. The minimum atomic E-state index is -0.120. The fraction of sp³-hybridized carbons (Fsp3) is 0.370. The smallest absolute Gasteiger partial charge is 0.244 e. The van der Waals surface area contributed by atoms with Gasteiger partial charge in [-0.1, -0.05) is 18.2 Å². The van der Waals surface area contributed by atoms with Crippen molar-refractivity contribution in [3.63, 3.8) is 0 Å². The maximum Gasteiger partial charge on any atom is 0.244 e. The van der Waals surface area contributed by atoms with Crippen LogP contribution < -0.4 is 19.5 Å². The second kappa shape index (κ2) is 12.1. The first-order valence-corrected chi connectivity index (χ1v) is 12.1. The fourth-order valence-electron chi connectivity index (χ4n) is 4.20. The van der Waals surface area contributed by atoms with Gasteiger partial charge in [-0.3, -0.25) is 14.3 Å². The summed E-state index contributed by atoms with van der Waals surface area (Å²) in [5, 5.41) is 7.08. The Kier molecular flexibility index (Phi) is 8.44. The van der Waals surface area contributed by atoms with Gasteiger partial charge < -0.3 is 24.4 Å². The largest absolute Gasteiger partial charge is 0.497 e. The summed E-state index contributed by atoms with van der Waals surface area (Å²) in [5.41, 5.74) is 1.55. The molecule has 1 N–H and O–H groups in total. The van der Waals surface area contributed by atoms with Crippen LogP contribution in [0.3, 0.4) is 0 Å². The third-order valence-electron chi connectivity index (χ3n) is 6.19. The minimum absolute atomic E-state index is 0.00459. The highest BCUT2D eigenvalue weighted by Gasteiger charge is 2.24. The Morgan fingerprint density at radius 1 is 1.00 bits per heavy atom. The molecule has 2 heterocycles. The molecule has 1 aliphatic heterocycles. The second-order valence-corrected chi connectivity index (χ2v) is 8.66. The number of nitrogens with one attached hydrogen (secondary N) is 1. The summed E-state index contributed by atoms with van der Waals surface area (Å²) in [4.78, 5) is 27.0. The number of amides is 2. The maximum absolute atomic E-state index is 12.8. The summed E-state index contributed by atoms with van der Waals surface area (Å²) < 4.78 is 18.1. The first-order chi connectivity index (χ1) is 17.5. The van der Waals surface area contributed by atoms with Gasteiger partial charge in [0.2, 0.25) is 11.8 Å². The molecule has 3 aromatic rings. The average Bonchev–Trinajstić information content (AvgIpc) is 3.34. The van der Waals surface area contributed by atoms with E-state index in [1.807, 2.05) is 53.4 Å². The van der Waals surface area contributed by atoms with E-state index in [4.69, 9.17) is 14.2 Å². The zero-order valence-corrected chi connectivity index (χ0v) is 20.7. The monoisotopic (exact) mass is 492 g/mol. The quantitative estimate of drug-likeness (QED) is 0.465. The van der Waals surface area contributed by atoms with Gasteiger partial charge in [0.1, 0.15) is 29.9 Å². The molecule has 0 unspecified atom stereocenters. The standard InChI is InChI=1S/C27H32N4O5/c1-34-22-8-10-23(11-9-22)36-24-13-15-30(16-14-24)27(33)19-31-18-21(17-28-31)29-26(32)12-7-20-5-3-4-6-25(20)35-2/h3-6,8-11,17-18,24H,7,12-16,19H2,1-2H3,(H,29,32). The molecule has 9 nitrogen and oxygen atoms in total. The van der Waals surface area contributed by atoms with Crippen LogP contribution in [0, 0.1) is 0 Å². The number of anilines is 1. The first-order valence-electron chi connectivity index (χ1n) is 12.1. The van der Waals surface area contributed by atoms with E-state index in [1.165, 1.54) is 0 Å². The van der Waals surface area contributed by atoms with Gasteiger partial charge in [-0.25, -0.2) is 0 Å². The molecule has 0 atom stereocenters. The van der Waals surface area contributed by atoms with Gasteiger partial charge in [-0.2, -0.15) is 5.10 Å². The number of carbonyl (C=O) groups excluding carboxylic acids is 2. The van der Waals surface area contributed by atoms with E-state index >= 15 is 0 Å². The molecule has 0 bridgehead atoms. The van der Waals surface area contributed by atoms with Crippen molar-refractivity contribution in [2.75, 3.05) is 32.6 Å².